The molecule has 4 aromatic rings. The summed E-state index contributed by atoms with van der Waals surface area (Å²) in [5, 5.41) is 3.78. The maximum atomic E-state index is 5.18. The van der Waals surface area contributed by atoms with E-state index in [1.54, 1.807) is 4.40 Å². The zero-order chi connectivity index (χ0) is 24.3. The first kappa shape index (κ1) is 24.5. The van der Waals surface area contributed by atoms with Crippen LogP contribution < -0.4 is 8.79 Å². The van der Waals surface area contributed by atoms with E-state index in [9.17, 15) is 0 Å². The van der Waals surface area contributed by atoms with Crippen molar-refractivity contribution in [3.05, 3.63) is 59.4 Å². The van der Waals surface area contributed by atoms with Gasteiger partial charge in [0.15, 0.2) is 0 Å². The van der Waals surface area contributed by atoms with Crippen LogP contribution in [0.5, 0.6) is 0 Å². The first-order valence-electron chi connectivity index (χ1n) is 12.1. The Bertz CT molecular complexity index is 1360. The van der Waals surface area contributed by atoms with Gasteiger partial charge in [-0.2, -0.15) is 0 Å². The Balaban J connectivity index is 2.10. The van der Waals surface area contributed by atoms with Crippen molar-refractivity contribution >= 4 is 57.0 Å². The van der Waals surface area contributed by atoms with Crippen molar-refractivity contribution < 1.29 is 0 Å². The third-order valence-corrected chi connectivity index (χ3v) is 15.8. The molecule has 0 saturated heterocycles. The Labute approximate surface area is 205 Å². The molecule has 0 bridgehead atoms. The summed E-state index contributed by atoms with van der Waals surface area (Å²) < 4.78 is 3.14. The summed E-state index contributed by atoms with van der Waals surface area (Å²) in [5.74, 6) is 16.0. The molecule has 0 aliphatic rings. The second kappa shape index (κ2) is 8.53. The molecular weight excluding hydrogens is 522 g/mol. The molecule has 1 heterocycles. The van der Waals surface area contributed by atoms with Gasteiger partial charge < -0.3 is 0 Å². The summed E-state index contributed by atoms with van der Waals surface area (Å²) in [6.07, 6.45) is 0. The number of nitrogens with zero attached hydrogens (tertiary/aromatic N) is 2. The molecule has 0 N–H and O–H groups in total. The SMILES string of the molecule is Cc1cc2ccc3c(-c4cc[c]([Ge]([CH3])([CH3])[CH3])cc4)nc(C(C)C)nc3c2c(C)[c]1[Ge]([CH3])([CH3])[CH3]. The van der Waals surface area contributed by atoms with Gasteiger partial charge in [0.2, 0.25) is 0 Å². The van der Waals surface area contributed by atoms with Crippen LogP contribution in [-0.4, -0.2) is 36.5 Å². The zero-order valence-corrected chi connectivity index (χ0v) is 26.2. The molecule has 33 heavy (non-hydrogen) atoms. The quantitative estimate of drug-likeness (QED) is 0.194. The molecule has 0 amide bonds. The van der Waals surface area contributed by atoms with Gasteiger partial charge in [0.1, 0.15) is 0 Å². The molecule has 4 heteroatoms. The molecule has 0 radical (unpaired) electrons. The van der Waals surface area contributed by atoms with Crippen LogP contribution in [0.1, 0.15) is 36.7 Å². The number of aryl methyl sites for hydroxylation is 2. The van der Waals surface area contributed by atoms with Gasteiger partial charge in [0, 0.05) is 0 Å². The minimum absolute atomic E-state index is 0.276. The van der Waals surface area contributed by atoms with Crippen molar-refractivity contribution in [1.82, 2.24) is 9.97 Å². The minimum atomic E-state index is -2.06. The number of hydrogen-bond acceptors (Lipinski definition) is 2. The Morgan fingerprint density at radius 1 is 0.758 bits per heavy atom. The van der Waals surface area contributed by atoms with Crippen molar-refractivity contribution in [1.29, 1.82) is 0 Å². The van der Waals surface area contributed by atoms with E-state index in [4.69, 9.17) is 9.97 Å². The molecular formula is C29H38Ge2N2. The van der Waals surface area contributed by atoms with Crippen LogP contribution in [0.2, 0.25) is 34.5 Å². The van der Waals surface area contributed by atoms with Gasteiger partial charge in [-0.05, 0) is 0 Å². The molecule has 2 nitrogen and oxygen atoms in total. The van der Waals surface area contributed by atoms with Crippen LogP contribution in [0.3, 0.4) is 0 Å². The van der Waals surface area contributed by atoms with Crippen molar-refractivity contribution in [2.24, 2.45) is 0 Å². The monoisotopic (exact) mass is 562 g/mol. The first-order chi connectivity index (χ1) is 15.3. The van der Waals surface area contributed by atoms with E-state index < -0.39 is 26.5 Å². The third kappa shape index (κ3) is 4.53. The number of benzene rings is 3. The van der Waals surface area contributed by atoms with Gasteiger partial charge in [-0.25, -0.2) is 0 Å². The first-order valence-corrected chi connectivity index (χ1v) is 26.8. The summed E-state index contributed by atoms with van der Waals surface area (Å²) in [6.45, 7) is 9.00. The summed E-state index contributed by atoms with van der Waals surface area (Å²) in [5.41, 5.74) is 6.24. The van der Waals surface area contributed by atoms with Crippen molar-refractivity contribution in [2.45, 2.75) is 68.2 Å². The van der Waals surface area contributed by atoms with E-state index in [0.717, 1.165) is 22.4 Å². The standard InChI is InChI=1S/C29H38Ge2N2/c1-18(2)29-32-27(21-11-14-23(15-12-21)30(5,6)7)24-16-13-22-17-19(3)26(31(8,9)10)20(4)25(22)28(24)33-29/h11-18H,1-10H3. The van der Waals surface area contributed by atoms with Gasteiger partial charge in [0.25, 0.3) is 0 Å². The average Bonchev–Trinajstić information content (AvgIpc) is 2.70. The molecule has 0 spiro atoms. The van der Waals surface area contributed by atoms with Crippen LogP contribution in [0.15, 0.2) is 42.5 Å². The average molecular weight is 560 g/mol. The summed E-state index contributed by atoms with van der Waals surface area (Å²) in [6, 6.07) is 16.1. The fraction of sp³-hybridized carbons (Fsp3) is 0.379. The van der Waals surface area contributed by atoms with Crippen LogP contribution in [-0.2, 0) is 0 Å². The number of fused-ring (bicyclic) bond motifs is 3. The molecule has 1 aromatic heterocycles. The Morgan fingerprint density at radius 2 is 1.39 bits per heavy atom. The van der Waals surface area contributed by atoms with Gasteiger partial charge in [0.05, 0.1) is 0 Å². The summed E-state index contributed by atoms with van der Waals surface area (Å²) in [7, 11) is 0. The summed E-state index contributed by atoms with van der Waals surface area (Å²) >= 11 is -3.91. The molecule has 0 aliphatic carbocycles. The van der Waals surface area contributed by atoms with E-state index in [1.165, 1.54) is 31.9 Å². The van der Waals surface area contributed by atoms with Crippen LogP contribution >= 0.6 is 0 Å². The number of hydrogen-bond donors (Lipinski definition) is 0. The normalized spacial score (nSPS) is 12.8. The van der Waals surface area contributed by atoms with E-state index in [-0.39, 0.29) is 5.92 Å². The van der Waals surface area contributed by atoms with Gasteiger partial charge in [-0.15, -0.1) is 0 Å². The second-order valence-corrected chi connectivity index (χ2v) is 33.1. The Hall–Kier alpha value is -1.65. The Morgan fingerprint density at radius 3 is 1.94 bits per heavy atom. The molecule has 0 fully saturated rings. The molecule has 0 atom stereocenters. The zero-order valence-electron chi connectivity index (χ0n) is 22.0. The van der Waals surface area contributed by atoms with E-state index >= 15 is 0 Å². The number of aromatic nitrogens is 2. The van der Waals surface area contributed by atoms with E-state index in [2.05, 4.69) is 105 Å². The van der Waals surface area contributed by atoms with Crippen LogP contribution in [0, 0.1) is 13.8 Å². The predicted molar refractivity (Wildman–Crippen MR) is 152 cm³/mol. The van der Waals surface area contributed by atoms with Crippen molar-refractivity contribution in [2.75, 3.05) is 0 Å². The Kier molecular flexibility index (Phi) is 6.33. The van der Waals surface area contributed by atoms with Crippen LogP contribution in [0.4, 0.5) is 0 Å². The number of rotatable bonds is 4. The van der Waals surface area contributed by atoms with Crippen LogP contribution in [0.25, 0.3) is 32.9 Å². The molecule has 0 aliphatic heterocycles. The fourth-order valence-electron chi connectivity index (χ4n) is 5.23. The van der Waals surface area contributed by atoms with Gasteiger partial charge in [-0.3, -0.25) is 0 Å². The molecule has 172 valence electrons. The van der Waals surface area contributed by atoms with Crippen molar-refractivity contribution in [3.63, 3.8) is 0 Å². The second-order valence-electron chi connectivity index (χ2n) is 11.9. The predicted octanol–water partition coefficient (Wildman–Crippen LogP) is 7.28. The fourth-order valence-corrected chi connectivity index (χ4v) is 12.9. The third-order valence-electron chi connectivity index (χ3n) is 6.73. The summed E-state index contributed by atoms with van der Waals surface area (Å²) in [4.78, 5) is 10.3. The molecule has 4 rings (SSSR count). The molecule has 0 unspecified atom stereocenters. The van der Waals surface area contributed by atoms with E-state index in [1.807, 2.05) is 0 Å². The topological polar surface area (TPSA) is 25.8 Å². The molecule has 0 saturated carbocycles. The van der Waals surface area contributed by atoms with Gasteiger partial charge >= 0.3 is 206 Å². The van der Waals surface area contributed by atoms with Crippen molar-refractivity contribution in [3.8, 4) is 11.3 Å². The van der Waals surface area contributed by atoms with E-state index in [0.29, 0.717) is 0 Å². The maximum absolute atomic E-state index is 5.18. The molecule has 3 aromatic carbocycles. The van der Waals surface area contributed by atoms with Gasteiger partial charge in [-0.1, -0.05) is 0 Å².